The van der Waals surface area contributed by atoms with E-state index in [-0.39, 0.29) is 6.54 Å². The van der Waals surface area contributed by atoms with Gasteiger partial charge in [0.15, 0.2) is 0 Å². The van der Waals surface area contributed by atoms with Crippen LogP contribution < -0.4 is 15.5 Å². The average molecular weight is 464 g/mol. The largest absolute Gasteiger partial charge is 0.488 e. The standard InChI is InChI=1S/C26H26ClN3O3/c1-18(2)21-11-7-19(8-12-21)15-28-25(31)26(32)30-29-16-22-5-3-4-6-24(22)33-17-20-9-13-23(27)14-10-20/h3-14,16,18H,15,17H2,1-2H3,(H,28,31)(H,30,32)/b29-16-. The topological polar surface area (TPSA) is 79.8 Å². The Hall–Kier alpha value is -3.64. The lowest BCUT2D eigenvalue weighted by atomic mass is 10.0. The Bertz CT molecular complexity index is 1110. The van der Waals surface area contributed by atoms with Gasteiger partial charge >= 0.3 is 11.8 Å². The molecule has 33 heavy (non-hydrogen) atoms. The fourth-order valence-corrected chi connectivity index (χ4v) is 3.08. The monoisotopic (exact) mass is 463 g/mol. The lowest BCUT2D eigenvalue weighted by Gasteiger charge is -2.09. The highest BCUT2D eigenvalue weighted by molar-refractivity contribution is 6.35. The molecule has 0 unspecified atom stereocenters. The molecule has 6 nitrogen and oxygen atoms in total. The molecule has 2 N–H and O–H groups in total. The number of ether oxygens (including phenoxy) is 1. The molecule has 0 radical (unpaired) electrons. The summed E-state index contributed by atoms with van der Waals surface area (Å²) in [6.07, 6.45) is 1.44. The van der Waals surface area contributed by atoms with Crippen molar-refractivity contribution in [3.63, 3.8) is 0 Å². The number of para-hydroxylation sites is 1. The van der Waals surface area contributed by atoms with Gasteiger partial charge in [-0.3, -0.25) is 9.59 Å². The molecule has 2 amide bonds. The van der Waals surface area contributed by atoms with E-state index in [2.05, 4.69) is 29.7 Å². The molecule has 3 rings (SSSR count). The summed E-state index contributed by atoms with van der Waals surface area (Å²) in [6.45, 7) is 4.85. The van der Waals surface area contributed by atoms with Gasteiger partial charge in [0.1, 0.15) is 12.4 Å². The maximum atomic E-state index is 12.1. The zero-order valence-electron chi connectivity index (χ0n) is 18.5. The van der Waals surface area contributed by atoms with Crippen LogP contribution in [0.25, 0.3) is 0 Å². The first-order chi connectivity index (χ1) is 15.9. The van der Waals surface area contributed by atoms with Crippen molar-refractivity contribution in [1.29, 1.82) is 0 Å². The number of nitrogens with zero attached hydrogens (tertiary/aromatic N) is 1. The van der Waals surface area contributed by atoms with Crippen LogP contribution in [0, 0.1) is 0 Å². The molecular weight excluding hydrogens is 438 g/mol. The summed E-state index contributed by atoms with van der Waals surface area (Å²) in [5, 5.41) is 7.15. The summed E-state index contributed by atoms with van der Waals surface area (Å²) >= 11 is 5.90. The average Bonchev–Trinajstić information content (AvgIpc) is 2.83. The number of hydrogen-bond acceptors (Lipinski definition) is 4. The van der Waals surface area contributed by atoms with E-state index in [0.717, 1.165) is 11.1 Å². The molecule has 3 aromatic rings. The van der Waals surface area contributed by atoms with Crippen LogP contribution in [-0.4, -0.2) is 18.0 Å². The predicted octanol–water partition coefficient (Wildman–Crippen LogP) is 4.81. The summed E-state index contributed by atoms with van der Waals surface area (Å²) in [6, 6.07) is 22.6. The third kappa shape index (κ3) is 7.47. The van der Waals surface area contributed by atoms with Crippen LogP contribution in [-0.2, 0) is 22.7 Å². The number of hydrogen-bond donors (Lipinski definition) is 2. The minimum atomic E-state index is -0.843. The molecule has 0 aliphatic rings. The fourth-order valence-electron chi connectivity index (χ4n) is 2.95. The van der Waals surface area contributed by atoms with Crippen molar-refractivity contribution in [3.8, 4) is 5.75 Å². The lowest BCUT2D eigenvalue weighted by molar-refractivity contribution is -0.139. The number of hydrazone groups is 1. The Morgan fingerprint density at radius 3 is 2.30 bits per heavy atom. The number of nitrogens with one attached hydrogen (secondary N) is 2. The van der Waals surface area contributed by atoms with Gasteiger partial charge in [0.2, 0.25) is 0 Å². The summed E-state index contributed by atoms with van der Waals surface area (Å²) < 4.78 is 5.85. The molecule has 170 valence electrons. The van der Waals surface area contributed by atoms with Crippen molar-refractivity contribution < 1.29 is 14.3 Å². The third-order valence-electron chi connectivity index (χ3n) is 4.90. The van der Waals surface area contributed by atoms with Crippen molar-refractivity contribution in [3.05, 3.63) is 100 Å². The molecule has 0 bridgehead atoms. The Kier molecular flexibility index (Phi) is 8.61. The van der Waals surface area contributed by atoms with Crippen LogP contribution in [0.4, 0.5) is 0 Å². The highest BCUT2D eigenvalue weighted by Gasteiger charge is 2.12. The minimum Gasteiger partial charge on any atom is -0.488 e. The second-order valence-corrected chi connectivity index (χ2v) is 8.17. The number of halogens is 1. The maximum Gasteiger partial charge on any atom is 0.329 e. The van der Waals surface area contributed by atoms with Crippen molar-refractivity contribution >= 4 is 29.6 Å². The third-order valence-corrected chi connectivity index (χ3v) is 5.15. The number of amides is 2. The Morgan fingerprint density at radius 1 is 0.939 bits per heavy atom. The molecule has 0 atom stereocenters. The van der Waals surface area contributed by atoms with Crippen LogP contribution in [0.3, 0.4) is 0 Å². The van der Waals surface area contributed by atoms with Crippen molar-refractivity contribution in [2.24, 2.45) is 5.10 Å². The van der Waals surface area contributed by atoms with E-state index in [0.29, 0.717) is 28.9 Å². The van der Waals surface area contributed by atoms with Crippen LogP contribution >= 0.6 is 11.6 Å². The second-order valence-electron chi connectivity index (χ2n) is 7.73. The van der Waals surface area contributed by atoms with Crippen LogP contribution in [0.15, 0.2) is 77.9 Å². The molecule has 3 aromatic carbocycles. The normalized spacial score (nSPS) is 10.9. The molecule has 0 saturated heterocycles. The molecule has 0 aromatic heterocycles. The van der Waals surface area contributed by atoms with Gasteiger partial charge in [0, 0.05) is 17.1 Å². The summed E-state index contributed by atoms with van der Waals surface area (Å²) in [5.74, 6) is -0.568. The molecular formula is C26H26ClN3O3. The van der Waals surface area contributed by atoms with Crippen molar-refractivity contribution in [2.45, 2.75) is 32.9 Å². The minimum absolute atomic E-state index is 0.260. The number of rotatable bonds is 8. The summed E-state index contributed by atoms with van der Waals surface area (Å²) in [7, 11) is 0. The molecule has 0 aliphatic carbocycles. The summed E-state index contributed by atoms with van der Waals surface area (Å²) in [5.41, 5.74) is 6.01. The van der Waals surface area contributed by atoms with Crippen LogP contribution in [0.2, 0.25) is 5.02 Å². The first-order valence-corrected chi connectivity index (χ1v) is 11.0. The number of benzene rings is 3. The highest BCUT2D eigenvalue weighted by atomic mass is 35.5. The first-order valence-electron chi connectivity index (χ1n) is 10.6. The molecule has 0 spiro atoms. The van der Waals surface area contributed by atoms with Gasteiger partial charge in [-0.05, 0) is 46.9 Å². The molecule has 0 heterocycles. The Balaban J connectivity index is 1.50. The van der Waals surface area contributed by atoms with Crippen LogP contribution in [0.1, 0.15) is 42.0 Å². The zero-order chi connectivity index (χ0) is 23.6. The second kappa shape index (κ2) is 11.8. The molecule has 7 heteroatoms. The van der Waals surface area contributed by atoms with Crippen molar-refractivity contribution in [1.82, 2.24) is 10.7 Å². The van der Waals surface area contributed by atoms with E-state index >= 15 is 0 Å². The predicted molar refractivity (Wildman–Crippen MR) is 130 cm³/mol. The van der Waals surface area contributed by atoms with Gasteiger partial charge < -0.3 is 10.1 Å². The Morgan fingerprint density at radius 2 is 1.61 bits per heavy atom. The Labute approximate surface area is 198 Å². The quantitative estimate of drug-likeness (QED) is 0.286. The maximum absolute atomic E-state index is 12.1. The SMILES string of the molecule is CC(C)c1ccc(CNC(=O)C(=O)N/N=C\c2ccccc2OCc2ccc(Cl)cc2)cc1. The van der Waals surface area contributed by atoms with Crippen LogP contribution in [0.5, 0.6) is 5.75 Å². The van der Waals surface area contributed by atoms with E-state index in [9.17, 15) is 9.59 Å². The number of carbonyl (C=O) groups excluding carboxylic acids is 2. The van der Waals surface area contributed by atoms with Gasteiger partial charge in [-0.2, -0.15) is 5.10 Å². The first kappa shape index (κ1) is 24.0. The zero-order valence-corrected chi connectivity index (χ0v) is 19.3. The fraction of sp³-hybridized carbons (Fsp3) is 0.192. The molecule has 0 aliphatic heterocycles. The van der Waals surface area contributed by atoms with E-state index in [1.54, 1.807) is 24.3 Å². The van der Waals surface area contributed by atoms with E-state index < -0.39 is 11.8 Å². The summed E-state index contributed by atoms with van der Waals surface area (Å²) in [4.78, 5) is 24.1. The molecule has 0 saturated carbocycles. The van der Waals surface area contributed by atoms with Crippen molar-refractivity contribution in [2.75, 3.05) is 0 Å². The van der Waals surface area contributed by atoms with Gasteiger partial charge in [0.25, 0.3) is 0 Å². The van der Waals surface area contributed by atoms with E-state index in [4.69, 9.17) is 16.3 Å². The van der Waals surface area contributed by atoms with Gasteiger partial charge in [-0.1, -0.05) is 74.0 Å². The lowest BCUT2D eigenvalue weighted by Crippen LogP contribution is -2.37. The van der Waals surface area contributed by atoms with Gasteiger partial charge in [-0.25, -0.2) is 5.43 Å². The smallest absolute Gasteiger partial charge is 0.329 e. The number of carbonyl (C=O) groups is 2. The van der Waals surface area contributed by atoms with E-state index in [1.807, 2.05) is 48.5 Å². The highest BCUT2D eigenvalue weighted by Crippen LogP contribution is 2.18. The van der Waals surface area contributed by atoms with Gasteiger partial charge in [-0.15, -0.1) is 0 Å². The van der Waals surface area contributed by atoms with E-state index in [1.165, 1.54) is 11.8 Å². The van der Waals surface area contributed by atoms with Gasteiger partial charge in [0.05, 0.1) is 6.21 Å². The molecule has 0 fully saturated rings.